The Hall–Kier alpha value is -4.86. The van der Waals surface area contributed by atoms with Gasteiger partial charge in [-0.2, -0.15) is 0 Å². The lowest BCUT2D eigenvalue weighted by Gasteiger charge is -2.18. The third-order valence-corrected chi connectivity index (χ3v) is 6.46. The molecule has 3 heterocycles. The smallest absolute Gasteiger partial charge is 0.339 e. The minimum Gasteiger partial charge on any atom is -0.482 e. The van der Waals surface area contributed by atoms with E-state index in [-0.39, 0.29) is 46.2 Å². The van der Waals surface area contributed by atoms with Crippen LogP contribution in [0.4, 0.5) is 5.69 Å². The fraction of sp³-hybridized carbons (Fsp3) is 0.125. The van der Waals surface area contributed by atoms with Gasteiger partial charge in [-0.1, -0.05) is 18.2 Å². The van der Waals surface area contributed by atoms with Crippen molar-refractivity contribution in [3.8, 4) is 5.75 Å². The van der Waals surface area contributed by atoms with E-state index in [1.807, 2.05) is 0 Å². The van der Waals surface area contributed by atoms with Crippen LogP contribution in [0.2, 0.25) is 0 Å². The van der Waals surface area contributed by atoms with E-state index in [2.05, 4.69) is 25.6 Å². The van der Waals surface area contributed by atoms with Crippen LogP contribution in [-0.2, 0) is 27.9 Å². The zero-order valence-corrected chi connectivity index (χ0v) is 21.0. The van der Waals surface area contributed by atoms with E-state index < -0.39 is 21.9 Å². The molecule has 2 amide bonds. The molecule has 0 saturated heterocycles. The number of hydrogen-bond donors (Lipinski definition) is 6. The van der Waals surface area contributed by atoms with Crippen molar-refractivity contribution in [2.45, 2.75) is 18.0 Å². The molecule has 2 aromatic carbocycles. The fourth-order valence-corrected chi connectivity index (χ4v) is 4.11. The van der Waals surface area contributed by atoms with E-state index in [0.29, 0.717) is 18.0 Å². The predicted molar refractivity (Wildman–Crippen MR) is 138 cm³/mol. The molecule has 0 saturated carbocycles. The molecular formula is C24H23N7O7S. The number of rotatable bonds is 6. The van der Waals surface area contributed by atoms with Crippen molar-refractivity contribution in [2.75, 3.05) is 11.9 Å². The van der Waals surface area contributed by atoms with Gasteiger partial charge in [0.1, 0.15) is 23.2 Å². The lowest BCUT2D eigenvalue weighted by atomic mass is 10.1. The number of anilines is 1. The Morgan fingerprint density at radius 1 is 1.10 bits per heavy atom. The second kappa shape index (κ2) is 11.3. The molecule has 39 heavy (non-hydrogen) atoms. The first-order valence-corrected chi connectivity index (χ1v) is 12.8. The van der Waals surface area contributed by atoms with Gasteiger partial charge in [-0.15, -0.1) is 0 Å². The van der Waals surface area contributed by atoms with Crippen molar-refractivity contribution < 1.29 is 32.6 Å². The number of aromatic carboxylic acids is 1. The molecular weight excluding hydrogens is 530 g/mol. The van der Waals surface area contributed by atoms with E-state index in [4.69, 9.17) is 20.7 Å². The maximum Gasteiger partial charge on any atom is 0.339 e. The molecule has 14 nitrogen and oxygen atoms in total. The lowest BCUT2D eigenvalue weighted by molar-refractivity contribution is -0.118. The molecule has 0 fully saturated rings. The second-order valence-corrected chi connectivity index (χ2v) is 9.76. The minimum absolute atomic E-state index is 0.0265. The molecule has 0 bridgehead atoms. The van der Waals surface area contributed by atoms with Gasteiger partial charge in [-0.25, -0.2) is 28.3 Å². The number of aromatic amines is 1. The van der Waals surface area contributed by atoms with Gasteiger partial charge in [-0.05, 0) is 35.4 Å². The number of nitrogens with two attached hydrogens (primary N) is 2. The molecule has 0 spiro atoms. The first-order valence-electron chi connectivity index (χ1n) is 11.3. The zero-order valence-electron chi connectivity index (χ0n) is 20.2. The van der Waals surface area contributed by atoms with E-state index in [0.717, 1.165) is 17.5 Å². The minimum atomic E-state index is -3.57. The third kappa shape index (κ3) is 6.35. The summed E-state index contributed by atoms with van der Waals surface area (Å²) in [6.45, 7) is 0.548. The topological polar surface area (TPSA) is 232 Å². The van der Waals surface area contributed by atoms with Gasteiger partial charge in [0.15, 0.2) is 12.3 Å². The van der Waals surface area contributed by atoms with Crippen LogP contribution < -0.4 is 26.2 Å². The molecule has 202 valence electrons. The number of nitrogens with zero attached hydrogens (tertiary/aromatic N) is 2. The van der Waals surface area contributed by atoms with Crippen molar-refractivity contribution in [3.63, 3.8) is 0 Å². The Morgan fingerprint density at radius 3 is 2.49 bits per heavy atom. The first kappa shape index (κ1) is 27.2. The number of fused-ring (bicyclic) bond motifs is 2. The number of aromatic nitrogens is 3. The number of carbonyl (C=O) groups is 3. The zero-order chi connectivity index (χ0) is 28.2. The van der Waals surface area contributed by atoms with Gasteiger partial charge in [0.05, 0.1) is 16.1 Å². The normalized spacial score (nSPS) is 12.4. The van der Waals surface area contributed by atoms with Crippen LogP contribution in [0.3, 0.4) is 0 Å². The van der Waals surface area contributed by atoms with Gasteiger partial charge in [0.2, 0.25) is 10.0 Å². The number of carboxylic acid groups (broad SMARTS) is 1. The summed E-state index contributed by atoms with van der Waals surface area (Å²) in [5.74, 6) is -1.31. The number of primary sulfonamides is 1. The summed E-state index contributed by atoms with van der Waals surface area (Å²) in [5, 5.41) is 19.4. The van der Waals surface area contributed by atoms with E-state index in [1.54, 1.807) is 30.3 Å². The largest absolute Gasteiger partial charge is 0.482 e. The molecule has 2 aromatic heterocycles. The summed E-state index contributed by atoms with van der Waals surface area (Å²) >= 11 is 0. The Kier molecular flexibility index (Phi) is 7.85. The van der Waals surface area contributed by atoms with Gasteiger partial charge < -0.3 is 31.2 Å². The molecule has 1 aliphatic rings. The highest BCUT2D eigenvalue weighted by molar-refractivity contribution is 7.89. The summed E-state index contributed by atoms with van der Waals surface area (Å²) in [6, 6.07) is 11.3. The van der Waals surface area contributed by atoms with Gasteiger partial charge >= 0.3 is 5.97 Å². The van der Waals surface area contributed by atoms with Crippen LogP contribution in [0.5, 0.6) is 5.75 Å². The highest BCUT2D eigenvalue weighted by Gasteiger charge is 2.20. The number of ether oxygens (including phenoxy) is 1. The second-order valence-electron chi connectivity index (χ2n) is 8.20. The molecule has 0 atom stereocenters. The molecule has 15 heteroatoms. The van der Waals surface area contributed by atoms with Crippen molar-refractivity contribution >= 4 is 44.5 Å². The van der Waals surface area contributed by atoms with Crippen LogP contribution in [0, 0.1) is 0 Å². The number of hydrogen-bond acceptors (Lipinski definition) is 9. The lowest BCUT2D eigenvalue weighted by Crippen LogP contribution is -2.26. The summed E-state index contributed by atoms with van der Waals surface area (Å²) in [6.07, 6.45) is 2.41. The first-order chi connectivity index (χ1) is 18.6. The maximum atomic E-state index is 12.5. The van der Waals surface area contributed by atoms with Crippen LogP contribution in [0.15, 0.2) is 59.9 Å². The Balaban J connectivity index is 0.000000247. The number of sulfonamides is 1. The summed E-state index contributed by atoms with van der Waals surface area (Å²) in [7, 11) is -3.57. The highest BCUT2D eigenvalue weighted by Crippen LogP contribution is 2.28. The Labute approximate surface area is 221 Å². The molecule has 5 rings (SSSR count). The van der Waals surface area contributed by atoms with Crippen molar-refractivity contribution in [3.05, 3.63) is 77.4 Å². The van der Waals surface area contributed by atoms with Crippen LogP contribution in [0.1, 0.15) is 32.0 Å². The molecule has 8 N–H and O–H groups in total. The Bertz CT molecular complexity index is 1670. The maximum absolute atomic E-state index is 12.5. The fourth-order valence-electron chi connectivity index (χ4n) is 3.60. The molecule has 0 unspecified atom stereocenters. The molecule has 0 aliphatic carbocycles. The summed E-state index contributed by atoms with van der Waals surface area (Å²) in [4.78, 5) is 45.8. The predicted octanol–water partition coefficient (Wildman–Crippen LogP) is 0.710. The van der Waals surface area contributed by atoms with Crippen LogP contribution in [-0.4, -0.2) is 52.9 Å². The van der Waals surface area contributed by atoms with Crippen molar-refractivity contribution in [2.24, 2.45) is 10.9 Å². The number of carboxylic acids is 1. The van der Waals surface area contributed by atoms with E-state index in [1.165, 1.54) is 18.3 Å². The number of benzene rings is 2. The van der Waals surface area contributed by atoms with E-state index >= 15 is 0 Å². The van der Waals surface area contributed by atoms with Crippen molar-refractivity contribution in [1.82, 2.24) is 20.3 Å². The monoisotopic (exact) mass is 553 g/mol. The van der Waals surface area contributed by atoms with Crippen LogP contribution in [0.25, 0.3) is 11.0 Å². The van der Waals surface area contributed by atoms with Gasteiger partial charge in [0, 0.05) is 19.3 Å². The number of carbonyl (C=O) groups excluding carboxylic acids is 2. The van der Waals surface area contributed by atoms with E-state index in [9.17, 15) is 22.8 Å². The summed E-state index contributed by atoms with van der Waals surface area (Å²) < 4.78 is 26.8. The van der Waals surface area contributed by atoms with Crippen molar-refractivity contribution in [1.29, 1.82) is 0 Å². The molecule has 1 aliphatic heterocycles. The number of nitrogens with one attached hydrogen (secondary N) is 3. The molecule has 0 radical (unpaired) electrons. The number of amides is 2. The average Bonchev–Trinajstić information content (AvgIpc) is 3.36. The van der Waals surface area contributed by atoms with Gasteiger partial charge in [0.25, 0.3) is 11.8 Å². The quantitative estimate of drug-likeness (QED) is 0.196. The number of H-pyrrole nitrogens is 1. The third-order valence-electron chi connectivity index (χ3n) is 5.53. The Morgan fingerprint density at radius 2 is 1.82 bits per heavy atom. The summed E-state index contributed by atoms with van der Waals surface area (Å²) in [5.41, 5.74) is 7.91. The highest BCUT2D eigenvalue weighted by atomic mass is 32.2. The average molecular weight is 554 g/mol. The standard InChI is InChI=1S/C17H13N5O5.C7H10N2O2S/c23-12-6-27-11-2-1-8(3-10(11)22-12)4-19-16(24)15-14-13(20-7-21-15)9(5-18-14)17(25)26;8-5-6-1-3-7(4-2-6)12(9,10)11/h1-3,5,7,18H,4,6H2,(H,19,24)(H,22,23)(H,25,26);1-4H,5,8H2,(H2,9,10,11). The SMILES string of the molecule is NCc1ccc(S(N)(=O)=O)cc1.O=C1COc2ccc(CNC(=O)c3ncnc4c(C(=O)O)c[nH]c34)cc2N1. The van der Waals surface area contributed by atoms with Crippen LogP contribution >= 0.6 is 0 Å². The van der Waals surface area contributed by atoms with Gasteiger partial charge in [-0.3, -0.25) is 9.59 Å². The molecule has 4 aromatic rings.